The summed E-state index contributed by atoms with van der Waals surface area (Å²) in [6, 6.07) is 9.55. The molecule has 1 aromatic carbocycles. The van der Waals surface area contributed by atoms with Crippen LogP contribution in [0, 0.1) is 16.7 Å². The van der Waals surface area contributed by atoms with E-state index in [9.17, 15) is 9.32 Å². The Morgan fingerprint density at radius 1 is 1.26 bits per heavy atom. The van der Waals surface area contributed by atoms with E-state index in [1.165, 1.54) is 12.8 Å². The SMILES string of the molecule is CC(O)(/C=C/[S@](=O)[C@H]1C[C@@H]2CC[C@@]1(C)C2(C)C)c1ccccc1. The van der Waals surface area contributed by atoms with E-state index in [2.05, 4.69) is 20.8 Å². The van der Waals surface area contributed by atoms with Gasteiger partial charge >= 0.3 is 0 Å². The predicted molar refractivity (Wildman–Crippen MR) is 96.3 cm³/mol. The molecule has 2 aliphatic carbocycles. The molecule has 1 aromatic rings. The van der Waals surface area contributed by atoms with Crippen LogP contribution in [0.2, 0.25) is 0 Å². The van der Waals surface area contributed by atoms with Gasteiger partial charge in [0.1, 0.15) is 5.60 Å². The second kappa shape index (κ2) is 5.56. The van der Waals surface area contributed by atoms with Crippen LogP contribution in [-0.2, 0) is 16.4 Å². The standard InChI is InChI=1S/C20H28O2S/c1-18(2)16-10-11-19(18,3)17(14-16)23(22)13-12-20(4,21)15-8-6-5-7-9-15/h5-9,12-13,16-17,21H,10-11,14H2,1-4H3/b13-12+/t16-,17-,19+,20?,23-/m0/s1. The Bertz CT molecular complexity index is 632. The van der Waals surface area contributed by atoms with E-state index in [1.54, 1.807) is 18.4 Å². The van der Waals surface area contributed by atoms with Crippen LogP contribution in [0.25, 0.3) is 0 Å². The molecule has 0 spiro atoms. The Labute approximate surface area is 142 Å². The van der Waals surface area contributed by atoms with Gasteiger partial charge in [-0.15, -0.1) is 0 Å². The molecule has 2 fully saturated rings. The van der Waals surface area contributed by atoms with Crippen molar-refractivity contribution in [2.24, 2.45) is 16.7 Å². The number of rotatable bonds is 4. The third-order valence-electron chi connectivity index (χ3n) is 6.88. The third kappa shape index (κ3) is 2.62. The van der Waals surface area contributed by atoms with Crippen molar-refractivity contribution in [3.63, 3.8) is 0 Å². The van der Waals surface area contributed by atoms with Crippen molar-refractivity contribution < 1.29 is 9.32 Å². The van der Waals surface area contributed by atoms with Crippen molar-refractivity contribution >= 4 is 10.8 Å². The van der Waals surface area contributed by atoms with Crippen LogP contribution >= 0.6 is 0 Å². The molecule has 0 radical (unpaired) electrons. The lowest BCUT2D eigenvalue weighted by molar-refractivity contribution is 0.111. The highest BCUT2D eigenvalue weighted by Crippen LogP contribution is 2.66. The van der Waals surface area contributed by atoms with Gasteiger partial charge in [0.2, 0.25) is 0 Å². The first kappa shape index (κ1) is 16.9. The van der Waals surface area contributed by atoms with E-state index in [-0.39, 0.29) is 16.1 Å². The first-order chi connectivity index (χ1) is 10.7. The van der Waals surface area contributed by atoms with E-state index in [4.69, 9.17) is 0 Å². The first-order valence-electron chi connectivity index (χ1n) is 8.55. The number of fused-ring (bicyclic) bond motifs is 2. The zero-order valence-electron chi connectivity index (χ0n) is 14.6. The number of aliphatic hydroxyl groups is 1. The Kier molecular flexibility index (Phi) is 4.09. The lowest BCUT2D eigenvalue weighted by atomic mass is 9.71. The summed E-state index contributed by atoms with van der Waals surface area (Å²) in [6.45, 7) is 8.74. The highest BCUT2D eigenvalue weighted by Gasteiger charge is 2.62. The van der Waals surface area contributed by atoms with Crippen molar-refractivity contribution in [1.82, 2.24) is 0 Å². The van der Waals surface area contributed by atoms with Crippen molar-refractivity contribution in [2.75, 3.05) is 0 Å². The molecule has 23 heavy (non-hydrogen) atoms. The second-order valence-electron chi connectivity index (χ2n) is 8.24. The Hall–Kier alpha value is -0.930. The van der Waals surface area contributed by atoms with Crippen LogP contribution in [0.15, 0.2) is 41.8 Å². The molecule has 2 bridgehead atoms. The molecule has 5 atom stereocenters. The lowest BCUT2D eigenvalue weighted by Crippen LogP contribution is -2.37. The maximum absolute atomic E-state index is 12.9. The molecule has 3 heteroatoms. The largest absolute Gasteiger partial charge is 0.381 e. The number of hydrogen-bond donors (Lipinski definition) is 1. The van der Waals surface area contributed by atoms with Crippen LogP contribution in [-0.4, -0.2) is 14.6 Å². The smallest absolute Gasteiger partial charge is 0.106 e. The van der Waals surface area contributed by atoms with Crippen molar-refractivity contribution in [3.05, 3.63) is 47.4 Å². The topological polar surface area (TPSA) is 37.3 Å². The van der Waals surface area contributed by atoms with Gasteiger partial charge in [0, 0.05) is 21.5 Å². The summed E-state index contributed by atoms with van der Waals surface area (Å²) >= 11 is 0. The molecule has 1 unspecified atom stereocenters. The fourth-order valence-electron chi connectivity index (χ4n) is 4.65. The van der Waals surface area contributed by atoms with Gasteiger partial charge in [-0.3, -0.25) is 4.21 Å². The average Bonchev–Trinajstić information content (AvgIpc) is 2.86. The molecule has 0 saturated heterocycles. The second-order valence-corrected chi connectivity index (χ2v) is 9.74. The van der Waals surface area contributed by atoms with Gasteiger partial charge in [-0.25, -0.2) is 0 Å². The molecule has 0 aliphatic heterocycles. The van der Waals surface area contributed by atoms with Gasteiger partial charge in [-0.1, -0.05) is 51.1 Å². The first-order valence-corrected chi connectivity index (χ1v) is 9.83. The zero-order chi connectivity index (χ0) is 16.9. The fraction of sp³-hybridized carbons (Fsp3) is 0.600. The molecular formula is C20H28O2S. The zero-order valence-corrected chi connectivity index (χ0v) is 15.4. The van der Waals surface area contributed by atoms with Gasteiger partial charge in [-0.2, -0.15) is 0 Å². The minimum absolute atomic E-state index is 0.144. The Morgan fingerprint density at radius 3 is 2.43 bits per heavy atom. The summed E-state index contributed by atoms with van der Waals surface area (Å²) in [5.74, 6) is 0.685. The summed E-state index contributed by atoms with van der Waals surface area (Å²) in [4.78, 5) is 0. The van der Waals surface area contributed by atoms with Crippen LogP contribution < -0.4 is 0 Å². The highest BCUT2D eigenvalue weighted by molar-refractivity contribution is 7.88. The Balaban J connectivity index is 1.78. The van der Waals surface area contributed by atoms with E-state index in [1.807, 2.05) is 30.3 Å². The maximum atomic E-state index is 12.9. The summed E-state index contributed by atoms with van der Waals surface area (Å²) in [6.07, 6.45) is 5.20. The van der Waals surface area contributed by atoms with Crippen molar-refractivity contribution in [2.45, 2.75) is 57.8 Å². The third-order valence-corrected chi connectivity index (χ3v) is 8.56. The van der Waals surface area contributed by atoms with Crippen LogP contribution in [0.3, 0.4) is 0 Å². The number of hydrogen-bond acceptors (Lipinski definition) is 2. The molecule has 0 aromatic heterocycles. The van der Waals surface area contributed by atoms with E-state index in [0.29, 0.717) is 5.92 Å². The fourth-order valence-corrected chi connectivity index (χ4v) is 6.59. The average molecular weight is 333 g/mol. The molecule has 3 rings (SSSR count). The maximum Gasteiger partial charge on any atom is 0.106 e. The summed E-state index contributed by atoms with van der Waals surface area (Å²) in [5.41, 5.74) is 0.159. The normalized spacial score (nSPS) is 36.2. The van der Waals surface area contributed by atoms with Gasteiger partial charge < -0.3 is 5.11 Å². The number of benzene rings is 1. The van der Waals surface area contributed by atoms with Gasteiger partial charge in [-0.05, 0) is 54.6 Å². The molecule has 0 heterocycles. The highest BCUT2D eigenvalue weighted by atomic mass is 32.2. The molecule has 126 valence electrons. The van der Waals surface area contributed by atoms with E-state index in [0.717, 1.165) is 12.0 Å². The molecular weight excluding hydrogens is 304 g/mol. The van der Waals surface area contributed by atoms with Crippen LogP contribution in [0.5, 0.6) is 0 Å². The molecule has 2 aliphatic rings. The minimum Gasteiger partial charge on any atom is -0.381 e. The summed E-state index contributed by atoms with van der Waals surface area (Å²) in [5, 5.41) is 12.6. The van der Waals surface area contributed by atoms with Gasteiger partial charge in [0.15, 0.2) is 0 Å². The van der Waals surface area contributed by atoms with Crippen LogP contribution in [0.1, 0.15) is 52.5 Å². The van der Waals surface area contributed by atoms with Crippen LogP contribution in [0.4, 0.5) is 0 Å². The minimum atomic E-state index is -1.08. The Morgan fingerprint density at radius 2 is 1.91 bits per heavy atom. The quantitative estimate of drug-likeness (QED) is 0.889. The van der Waals surface area contributed by atoms with Crippen molar-refractivity contribution in [1.29, 1.82) is 0 Å². The van der Waals surface area contributed by atoms with Crippen molar-refractivity contribution in [3.8, 4) is 0 Å². The summed E-state index contributed by atoms with van der Waals surface area (Å²) < 4.78 is 12.9. The predicted octanol–water partition coefficient (Wildman–Crippen LogP) is 4.37. The molecule has 2 saturated carbocycles. The van der Waals surface area contributed by atoms with E-state index >= 15 is 0 Å². The summed E-state index contributed by atoms with van der Waals surface area (Å²) in [7, 11) is -1.04. The van der Waals surface area contributed by atoms with E-state index < -0.39 is 16.4 Å². The molecule has 1 N–H and O–H groups in total. The lowest BCUT2D eigenvalue weighted by Gasteiger charge is -2.38. The van der Waals surface area contributed by atoms with Gasteiger partial charge in [0.05, 0.1) is 0 Å². The van der Waals surface area contributed by atoms with Gasteiger partial charge in [0.25, 0.3) is 0 Å². The molecule has 0 amide bonds. The monoisotopic (exact) mass is 332 g/mol. The molecule has 2 nitrogen and oxygen atoms in total.